The number of benzene rings is 3. The van der Waals surface area contributed by atoms with Crippen LogP contribution in [0.3, 0.4) is 0 Å². The van der Waals surface area contributed by atoms with Crippen molar-refractivity contribution in [2.45, 2.75) is 6.54 Å². The molecule has 0 radical (unpaired) electrons. The molecule has 0 heterocycles. The van der Waals surface area contributed by atoms with Gasteiger partial charge in [0.15, 0.2) is 0 Å². The van der Waals surface area contributed by atoms with E-state index in [1.807, 2.05) is 0 Å². The van der Waals surface area contributed by atoms with E-state index in [0.29, 0.717) is 6.54 Å². The van der Waals surface area contributed by atoms with E-state index in [2.05, 4.69) is 84.9 Å². The molecular weight excluding hydrogens is 273 g/mol. The van der Waals surface area contributed by atoms with E-state index in [4.69, 9.17) is 5.73 Å². The zero-order valence-corrected chi connectivity index (χ0v) is 12.7. The monoisotopic (exact) mass is 291 g/mol. The van der Waals surface area contributed by atoms with E-state index in [0.717, 1.165) is 0 Å². The second kappa shape index (κ2) is 6.67. The van der Waals surface area contributed by atoms with Crippen LogP contribution in [0.25, 0.3) is 0 Å². The van der Waals surface area contributed by atoms with Crippen molar-refractivity contribution in [3.8, 4) is 0 Å². The molecule has 0 unspecified atom stereocenters. The van der Waals surface area contributed by atoms with Gasteiger partial charge in [-0.05, 0) is 29.4 Å². The van der Waals surface area contributed by atoms with Crippen LogP contribution < -0.4 is 21.6 Å². The van der Waals surface area contributed by atoms with Crippen LogP contribution in [-0.4, -0.2) is 0 Å². The molecule has 0 saturated heterocycles. The molecule has 0 bridgehead atoms. The molecule has 0 aliphatic carbocycles. The summed E-state index contributed by atoms with van der Waals surface area (Å²) in [7, 11) is -0.553. The van der Waals surface area contributed by atoms with Crippen LogP contribution in [0.1, 0.15) is 5.56 Å². The summed E-state index contributed by atoms with van der Waals surface area (Å²) in [5.41, 5.74) is 7.19. The molecule has 3 aromatic carbocycles. The third-order valence-corrected chi connectivity index (χ3v) is 6.03. The fourth-order valence-electron chi connectivity index (χ4n) is 2.48. The Balaban J connectivity index is 2.17. The predicted molar refractivity (Wildman–Crippen MR) is 93.0 cm³/mol. The van der Waals surface area contributed by atoms with Gasteiger partial charge in [0.05, 0.1) is 0 Å². The lowest BCUT2D eigenvalue weighted by molar-refractivity contribution is 1.08. The van der Waals surface area contributed by atoms with Crippen LogP contribution >= 0.6 is 7.92 Å². The van der Waals surface area contributed by atoms with Gasteiger partial charge in [0.1, 0.15) is 0 Å². The quantitative estimate of drug-likeness (QED) is 0.735. The van der Waals surface area contributed by atoms with E-state index in [9.17, 15) is 0 Å². The zero-order chi connectivity index (χ0) is 14.5. The molecule has 0 aromatic heterocycles. The van der Waals surface area contributed by atoms with Gasteiger partial charge in [-0.25, -0.2) is 0 Å². The van der Waals surface area contributed by atoms with Crippen LogP contribution in [0, 0.1) is 0 Å². The summed E-state index contributed by atoms with van der Waals surface area (Å²) in [6.07, 6.45) is 0. The third kappa shape index (κ3) is 3.05. The Morgan fingerprint density at radius 2 is 1.10 bits per heavy atom. The molecular formula is C19H18NP. The van der Waals surface area contributed by atoms with E-state index in [-0.39, 0.29) is 0 Å². The van der Waals surface area contributed by atoms with Gasteiger partial charge in [-0.15, -0.1) is 0 Å². The van der Waals surface area contributed by atoms with Gasteiger partial charge in [-0.3, -0.25) is 0 Å². The summed E-state index contributed by atoms with van der Waals surface area (Å²) < 4.78 is 0. The maximum Gasteiger partial charge on any atom is 0.0184 e. The van der Waals surface area contributed by atoms with Crippen molar-refractivity contribution in [2.24, 2.45) is 5.73 Å². The lowest BCUT2D eigenvalue weighted by Crippen LogP contribution is -2.24. The second-order valence-corrected chi connectivity index (χ2v) is 7.02. The second-order valence-electron chi connectivity index (χ2n) is 4.84. The summed E-state index contributed by atoms with van der Waals surface area (Å²) in [5, 5.41) is 4.08. The summed E-state index contributed by atoms with van der Waals surface area (Å²) in [6, 6.07) is 30.0. The fourth-order valence-corrected chi connectivity index (χ4v) is 4.97. The van der Waals surface area contributed by atoms with Gasteiger partial charge in [0.2, 0.25) is 0 Å². The van der Waals surface area contributed by atoms with Gasteiger partial charge >= 0.3 is 0 Å². The summed E-state index contributed by atoms with van der Waals surface area (Å²) >= 11 is 0. The molecule has 3 aromatic rings. The van der Waals surface area contributed by atoms with Crippen molar-refractivity contribution in [3.63, 3.8) is 0 Å². The highest BCUT2D eigenvalue weighted by molar-refractivity contribution is 7.79. The van der Waals surface area contributed by atoms with E-state index in [1.165, 1.54) is 21.5 Å². The summed E-state index contributed by atoms with van der Waals surface area (Å²) in [5.74, 6) is 0. The molecule has 0 saturated carbocycles. The number of hydrogen-bond acceptors (Lipinski definition) is 1. The topological polar surface area (TPSA) is 26.0 Å². The number of hydrogen-bond donors (Lipinski definition) is 1. The van der Waals surface area contributed by atoms with Crippen LogP contribution in [0.2, 0.25) is 0 Å². The first kappa shape index (κ1) is 14.0. The lowest BCUT2D eigenvalue weighted by Gasteiger charge is -2.21. The van der Waals surface area contributed by atoms with Crippen LogP contribution in [0.5, 0.6) is 0 Å². The van der Waals surface area contributed by atoms with Gasteiger partial charge < -0.3 is 5.73 Å². The van der Waals surface area contributed by atoms with Crippen molar-refractivity contribution in [1.82, 2.24) is 0 Å². The van der Waals surface area contributed by atoms with E-state index >= 15 is 0 Å². The standard InChI is InChI=1S/C19H18NP/c20-15-16-9-7-8-14-19(16)21(17-10-3-1-4-11-17)18-12-5-2-6-13-18/h1-14H,15,20H2. The normalized spacial score (nSPS) is 10.8. The Morgan fingerprint density at radius 3 is 1.62 bits per heavy atom. The van der Waals surface area contributed by atoms with Gasteiger partial charge in [0, 0.05) is 6.54 Å². The summed E-state index contributed by atoms with van der Waals surface area (Å²) in [4.78, 5) is 0. The number of rotatable bonds is 4. The molecule has 0 atom stereocenters. The zero-order valence-electron chi connectivity index (χ0n) is 11.8. The average Bonchev–Trinajstić information content (AvgIpc) is 2.58. The smallest absolute Gasteiger partial charge is 0.0184 e. The van der Waals surface area contributed by atoms with Crippen molar-refractivity contribution in [3.05, 3.63) is 90.5 Å². The molecule has 0 amide bonds. The Morgan fingerprint density at radius 1 is 0.619 bits per heavy atom. The fraction of sp³-hybridized carbons (Fsp3) is 0.0526. The van der Waals surface area contributed by atoms with Crippen LogP contribution in [0.4, 0.5) is 0 Å². The van der Waals surface area contributed by atoms with E-state index in [1.54, 1.807) is 0 Å². The van der Waals surface area contributed by atoms with Crippen molar-refractivity contribution < 1.29 is 0 Å². The largest absolute Gasteiger partial charge is 0.326 e. The minimum absolute atomic E-state index is 0.553. The molecule has 2 N–H and O–H groups in total. The Kier molecular flexibility index (Phi) is 4.45. The minimum atomic E-state index is -0.553. The van der Waals surface area contributed by atoms with E-state index < -0.39 is 7.92 Å². The van der Waals surface area contributed by atoms with Gasteiger partial charge in [0.25, 0.3) is 0 Å². The van der Waals surface area contributed by atoms with Crippen molar-refractivity contribution in [2.75, 3.05) is 0 Å². The highest BCUT2D eigenvalue weighted by atomic mass is 31.1. The highest BCUT2D eigenvalue weighted by Crippen LogP contribution is 2.33. The maximum absolute atomic E-state index is 5.95. The van der Waals surface area contributed by atoms with Gasteiger partial charge in [-0.1, -0.05) is 84.9 Å². The molecule has 3 rings (SSSR count). The molecule has 21 heavy (non-hydrogen) atoms. The van der Waals surface area contributed by atoms with Crippen LogP contribution in [0.15, 0.2) is 84.9 Å². The molecule has 104 valence electrons. The first-order valence-corrected chi connectivity index (χ1v) is 8.42. The first-order chi connectivity index (χ1) is 10.4. The maximum atomic E-state index is 5.95. The Bertz CT molecular complexity index is 656. The highest BCUT2D eigenvalue weighted by Gasteiger charge is 2.18. The predicted octanol–water partition coefficient (Wildman–Crippen LogP) is 2.90. The van der Waals surface area contributed by atoms with Crippen LogP contribution in [-0.2, 0) is 6.54 Å². The Labute approximate surface area is 127 Å². The first-order valence-electron chi connectivity index (χ1n) is 7.08. The SMILES string of the molecule is NCc1ccccc1P(c1ccccc1)c1ccccc1. The molecule has 0 fully saturated rings. The van der Waals surface area contributed by atoms with Gasteiger partial charge in [-0.2, -0.15) is 0 Å². The van der Waals surface area contributed by atoms with Crippen molar-refractivity contribution >= 4 is 23.8 Å². The lowest BCUT2D eigenvalue weighted by atomic mass is 10.2. The van der Waals surface area contributed by atoms with Crippen molar-refractivity contribution in [1.29, 1.82) is 0 Å². The molecule has 0 spiro atoms. The Hall–Kier alpha value is -1.95. The minimum Gasteiger partial charge on any atom is -0.326 e. The number of nitrogens with two attached hydrogens (primary N) is 1. The molecule has 2 heteroatoms. The third-order valence-electron chi connectivity index (χ3n) is 3.48. The molecule has 0 aliphatic heterocycles. The molecule has 1 nitrogen and oxygen atoms in total. The summed E-state index contributed by atoms with van der Waals surface area (Å²) in [6.45, 7) is 0.578. The molecule has 0 aliphatic rings. The average molecular weight is 291 g/mol.